The van der Waals surface area contributed by atoms with Gasteiger partial charge in [-0.15, -0.1) is 0 Å². The van der Waals surface area contributed by atoms with Gasteiger partial charge in [-0.05, 0) is 24.5 Å². The third kappa shape index (κ3) is 1.75. The van der Waals surface area contributed by atoms with Gasteiger partial charge in [0.1, 0.15) is 0 Å². The molecule has 2 aromatic rings. The summed E-state index contributed by atoms with van der Waals surface area (Å²) in [6.07, 6.45) is 1.16. The van der Waals surface area contributed by atoms with Crippen molar-refractivity contribution in [1.29, 1.82) is 0 Å². The quantitative estimate of drug-likeness (QED) is 0.879. The van der Waals surface area contributed by atoms with Gasteiger partial charge < -0.3 is 10.0 Å². The number of anilines is 1. The number of fused-ring (bicyclic) bond motifs is 2. The van der Waals surface area contributed by atoms with Crippen molar-refractivity contribution in [2.45, 2.75) is 18.4 Å². The average Bonchev–Trinajstić information content (AvgIpc) is 2.78. The van der Waals surface area contributed by atoms with E-state index in [0.717, 1.165) is 5.56 Å². The summed E-state index contributed by atoms with van der Waals surface area (Å²) < 4.78 is 0. The van der Waals surface area contributed by atoms with Gasteiger partial charge in [0.05, 0.1) is 11.6 Å². The molecule has 23 heavy (non-hydrogen) atoms. The monoisotopic (exact) mass is 307 g/mol. The van der Waals surface area contributed by atoms with Gasteiger partial charge in [-0.2, -0.15) is 0 Å². The fourth-order valence-corrected chi connectivity index (χ4v) is 3.90. The molecule has 1 heterocycles. The lowest BCUT2D eigenvalue weighted by Gasteiger charge is -2.34. The number of ketones is 1. The van der Waals surface area contributed by atoms with Crippen molar-refractivity contribution in [2.24, 2.45) is 5.92 Å². The van der Waals surface area contributed by atoms with Crippen LogP contribution in [0.15, 0.2) is 48.5 Å². The molecule has 0 radical (unpaired) electrons. The van der Waals surface area contributed by atoms with Crippen LogP contribution in [-0.2, 0) is 16.8 Å². The summed E-state index contributed by atoms with van der Waals surface area (Å²) in [5.41, 5.74) is 1.05. The molecule has 0 aromatic heterocycles. The maximum absolute atomic E-state index is 12.9. The molecule has 0 saturated heterocycles. The summed E-state index contributed by atoms with van der Waals surface area (Å²) in [6, 6.07) is 14.6. The fourth-order valence-electron chi connectivity index (χ4n) is 3.90. The number of rotatable bonds is 1. The van der Waals surface area contributed by atoms with Crippen LogP contribution in [0.2, 0.25) is 0 Å². The summed E-state index contributed by atoms with van der Waals surface area (Å²) in [6.45, 7) is 0. The van der Waals surface area contributed by atoms with Crippen molar-refractivity contribution in [3.05, 3.63) is 65.2 Å². The van der Waals surface area contributed by atoms with Crippen molar-refractivity contribution >= 4 is 17.4 Å². The Hall–Kier alpha value is -2.46. The Morgan fingerprint density at radius 2 is 1.78 bits per heavy atom. The van der Waals surface area contributed by atoms with Crippen LogP contribution in [0.1, 0.15) is 27.9 Å². The number of carbonyl (C=O) groups excluding carboxylic acids is 2. The molecule has 1 N–H and O–H groups in total. The molecule has 1 aliphatic heterocycles. The highest BCUT2D eigenvalue weighted by atomic mass is 16.3. The molecule has 0 unspecified atom stereocenters. The molecule has 116 valence electrons. The van der Waals surface area contributed by atoms with Crippen molar-refractivity contribution in [1.82, 2.24) is 0 Å². The maximum atomic E-state index is 12.9. The van der Waals surface area contributed by atoms with Crippen LogP contribution in [0.25, 0.3) is 0 Å². The Balaban J connectivity index is 1.85. The van der Waals surface area contributed by atoms with Gasteiger partial charge >= 0.3 is 0 Å². The standard InChI is InChI=1S/C19H17NO3/c1-20-16-9-5-4-8-14(16)19(23,18(20)22)15-11-10-12-6-2-3-7-13(12)17(15)21/h2-9,15,23H,10-11H2,1H3/t15-,19-/m1/s1. The number of amides is 1. The zero-order chi connectivity index (χ0) is 16.2. The van der Waals surface area contributed by atoms with E-state index in [-0.39, 0.29) is 5.78 Å². The van der Waals surface area contributed by atoms with E-state index >= 15 is 0 Å². The van der Waals surface area contributed by atoms with E-state index < -0.39 is 17.4 Å². The van der Waals surface area contributed by atoms with Gasteiger partial charge in [-0.1, -0.05) is 42.5 Å². The van der Waals surface area contributed by atoms with Crippen LogP contribution in [0.5, 0.6) is 0 Å². The van der Waals surface area contributed by atoms with Crippen LogP contribution in [-0.4, -0.2) is 23.8 Å². The van der Waals surface area contributed by atoms with Crippen LogP contribution in [0.3, 0.4) is 0 Å². The third-order valence-corrected chi connectivity index (χ3v) is 5.11. The first-order valence-electron chi connectivity index (χ1n) is 7.77. The number of hydrogen-bond donors (Lipinski definition) is 1. The minimum Gasteiger partial charge on any atom is -0.375 e. The predicted molar refractivity (Wildman–Crippen MR) is 86.3 cm³/mol. The van der Waals surface area contributed by atoms with Crippen LogP contribution < -0.4 is 4.90 Å². The van der Waals surface area contributed by atoms with E-state index in [2.05, 4.69) is 0 Å². The number of likely N-dealkylation sites (N-methyl/N-ethyl adjacent to an activating group) is 1. The van der Waals surface area contributed by atoms with E-state index in [1.807, 2.05) is 24.3 Å². The Bertz CT molecular complexity index is 829. The first-order valence-corrected chi connectivity index (χ1v) is 7.77. The number of aryl methyl sites for hydroxylation is 1. The van der Waals surface area contributed by atoms with Crippen LogP contribution in [0.4, 0.5) is 5.69 Å². The average molecular weight is 307 g/mol. The first kappa shape index (κ1) is 14.2. The smallest absolute Gasteiger partial charge is 0.264 e. The second kappa shape index (κ2) is 4.77. The third-order valence-electron chi connectivity index (χ3n) is 5.11. The lowest BCUT2D eigenvalue weighted by atomic mass is 9.71. The van der Waals surface area contributed by atoms with E-state index in [9.17, 15) is 14.7 Å². The molecule has 0 fully saturated rings. The second-order valence-corrected chi connectivity index (χ2v) is 6.26. The van der Waals surface area contributed by atoms with Crippen LogP contribution >= 0.6 is 0 Å². The molecule has 4 nitrogen and oxygen atoms in total. The van der Waals surface area contributed by atoms with Crippen molar-refractivity contribution < 1.29 is 14.7 Å². The van der Waals surface area contributed by atoms with Gasteiger partial charge in [0.25, 0.3) is 5.91 Å². The molecule has 2 atom stereocenters. The Kier molecular flexibility index (Phi) is 2.93. The number of hydrogen-bond acceptors (Lipinski definition) is 3. The normalized spacial score (nSPS) is 26.2. The summed E-state index contributed by atoms with van der Waals surface area (Å²) in [7, 11) is 1.64. The Morgan fingerprint density at radius 3 is 2.61 bits per heavy atom. The number of para-hydroxylation sites is 1. The minimum absolute atomic E-state index is 0.146. The SMILES string of the molecule is CN1C(=O)[C@](O)([C@@H]2CCc3ccccc3C2=O)c2ccccc21. The molecular weight excluding hydrogens is 290 g/mol. The summed E-state index contributed by atoms with van der Waals surface area (Å²) in [5, 5.41) is 11.3. The lowest BCUT2D eigenvalue weighted by Crippen LogP contribution is -2.49. The predicted octanol–water partition coefficient (Wildman–Crippen LogP) is 2.30. The Labute approximate surface area is 134 Å². The molecule has 1 aliphatic carbocycles. The maximum Gasteiger partial charge on any atom is 0.264 e. The number of benzene rings is 2. The molecule has 0 spiro atoms. The zero-order valence-corrected chi connectivity index (χ0v) is 12.8. The Morgan fingerprint density at radius 1 is 1.09 bits per heavy atom. The zero-order valence-electron chi connectivity index (χ0n) is 12.8. The van der Waals surface area contributed by atoms with Gasteiger partial charge in [-0.3, -0.25) is 9.59 Å². The molecule has 1 amide bonds. The fraction of sp³-hybridized carbons (Fsp3) is 0.263. The molecule has 4 heteroatoms. The van der Waals surface area contributed by atoms with Gasteiger partial charge in [0.15, 0.2) is 11.4 Å². The van der Waals surface area contributed by atoms with Crippen molar-refractivity contribution in [3.8, 4) is 0 Å². The molecular formula is C19H17NO3. The van der Waals surface area contributed by atoms with Gasteiger partial charge in [0.2, 0.25) is 0 Å². The topological polar surface area (TPSA) is 57.6 Å². The summed E-state index contributed by atoms with van der Waals surface area (Å²) >= 11 is 0. The van der Waals surface area contributed by atoms with Gasteiger partial charge in [0, 0.05) is 18.2 Å². The molecule has 2 aliphatic rings. The van der Waals surface area contributed by atoms with Crippen molar-refractivity contribution in [3.63, 3.8) is 0 Å². The molecule has 0 saturated carbocycles. The lowest BCUT2D eigenvalue weighted by molar-refractivity contribution is -0.140. The van der Waals surface area contributed by atoms with Crippen LogP contribution in [0, 0.1) is 5.92 Å². The van der Waals surface area contributed by atoms with E-state index in [4.69, 9.17) is 0 Å². The second-order valence-electron chi connectivity index (χ2n) is 6.26. The minimum atomic E-state index is -1.77. The number of Topliss-reactive ketones (excluding diaryl/α,β-unsaturated/α-hetero) is 1. The molecule has 0 bridgehead atoms. The summed E-state index contributed by atoms with van der Waals surface area (Å²) in [4.78, 5) is 27.2. The van der Waals surface area contributed by atoms with E-state index in [1.54, 1.807) is 31.3 Å². The number of nitrogens with zero attached hydrogens (tertiary/aromatic N) is 1. The highest BCUT2D eigenvalue weighted by Gasteiger charge is 2.56. The van der Waals surface area contributed by atoms with E-state index in [0.29, 0.717) is 29.7 Å². The largest absolute Gasteiger partial charge is 0.375 e. The first-order chi connectivity index (χ1) is 11.0. The van der Waals surface area contributed by atoms with Gasteiger partial charge in [-0.25, -0.2) is 0 Å². The van der Waals surface area contributed by atoms with Crippen molar-refractivity contribution in [2.75, 3.05) is 11.9 Å². The molecule has 2 aromatic carbocycles. The highest BCUT2D eigenvalue weighted by Crippen LogP contribution is 2.47. The highest BCUT2D eigenvalue weighted by molar-refractivity contribution is 6.12. The number of carbonyl (C=O) groups is 2. The van der Waals surface area contributed by atoms with E-state index in [1.165, 1.54) is 4.90 Å². The number of aliphatic hydroxyl groups is 1. The molecule has 4 rings (SSSR count). The summed E-state index contributed by atoms with van der Waals surface area (Å²) in [5.74, 6) is -1.31.